The molecule has 1 aliphatic carbocycles. The molecule has 1 aliphatic rings. The molecule has 0 saturated carbocycles. The van der Waals surface area contributed by atoms with Gasteiger partial charge in [-0.1, -0.05) is 18.2 Å². The molecule has 194 valence electrons. The third-order valence-electron chi connectivity index (χ3n) is 6.17. The minimum atomic E-state index is -0.786. The Morgan fingerprint density at radius 2 is 1.86 bits per heavy atom. The molecule has 0 aliphatic heterocycles. The fourth-order valence-electron chi connectivity index (χ4n) is 4.16. The van der Waals surface area contributed by atoms with E-state index in [9.17, 15) is 14.4 Å². The maximum atomic E-state index is 12.9. The first-order valence-electron chi connectivity index (χ1n) is 12.4. The van der Waals surface area contributed by atoms with Gasteiger partial charge in [0.05, 0.1) is 16.9 Å². The summed E-state index contributed by atoms with van der Waals surface area (Å²) in [6, 6.07) is 12.5. The minimum Gasteiger partial charge on any atom is -0.444 e. The van der Waals surface area contributed by atoms with Gasteiger partial charge in [0.15, 0.2) is 5.78 Å². The quantitative estimate of drug-likeness (QED) is 0.407. The zero-order valence-electron chi connectivity index (χ0n) is 21.8. The smallest absolute Gasteiger partial charge is 0.410 e. The molecular formula is C28H33N5O4. The molecule has 0 bridgehead atoms. The topological polar surface area (TPSA) is 116 Å². The Morgan fingerprint density at radius 3 is 2.57 bits per heavy atom. The number of likely N-dealkylation sites (N-methyl/N-ethyl adjacent to an activating group) is 1. The summed E-state index contributed by atoms with van der Waals surface area (Å²) < 4.78 is 5.36. The van der Waals surface area contributed by atoms with Crippen LogP contribution in [0.15, 0.2) is 48.7 Å². The molecule has 37 heavy (non-hydrogen) atoms. The number of pyridine rings is 1. The molecule has 1 atom stereocenters. The van der Waals surface area contributed by atoms with Crippen LogP contribution in [0.4, 0.5) is 22.0 Å². The van der Waals surface area contributed by atoms with E-state index in [1.165, 1.54) is 11.9 Å². The van der Waals surface area contributed by atoms with Crippen LogP contribution in [0.2, 0.25) is 0 Å². The lowest BCUT2D eigenvalue weighted by molar-refractivity contribution is -0.120. The summed E-state index contributed by atoms with van der Waals surface area (Å²) in [5, 5.41) is 6.21. The van der Waals surface area contributed by atoms with Gasteiger partial charge < -0.3 is 20.4 Å². The number of nitrogens with zero attached hydrogens (tertiary/aromatic N) is 2. The average molecular weight is 504 g/mol. The summed E-state index contributed by atoms with van der Waals surface area (Å²) >= 11 is 0. The highest BCUT2D eigenvalue weighted by molar-refractivity contribution is 6.07. The van der Waals surface area contributed by atoms with E-state index >= 15 is 0 Å². The number of benzene rings is 1. The van der Waals surface area contributed by atoms with Crippen molar-refractivity contribution in [3.8, 4) is 11.3 Å². The highest BCUT2D eigenvalue weighted by Gasteiger charge is 2.29. The summed E-state index contributed by atoms with van der Waals surface area (Å²) in [4.78, 5) is 47.1. The molecule has 4 rings (SSSR count). The third kappa shape index (κ3) is 5.99. The Bertz CT molecular complexity index is 1310. The van der Waals surface area contributed by atoms with Crippen molar-refractivity contribution in [1.29, 1.82) is 0 Å². The van der Waals surface area contributed by atoms with Crippen LogP contribution in [0, 0.1) is 0 Å². The molecule has 2 heterocycles. The second-order valence-electron chi connectivity index (χ2n) is 10.2. The first kappa shape index (κ1) is 25.9. The summed E-state index contributed by atoms with van der Waals surface area (Å²) in [7, 11) is 1.52. The third-order valence-corrected chi connectivity index (χ3v) is 6.17. The highest BCUT2D eigenvalue weighted by Crippen LogP contribution is 2.39. The van der Waals surface area contributed by atoms with Gasteiger partial charge in [-0.15, -0.1) is 0 Å². The van der Waals surface area contributed by atoms with Crippen molar-refractivity contribution < 1.29 is 19.1 Å². The average Bonchev–Trinajstić information content (AvgIpc) is 3.22. The van der Waals surface area contributed by atoms with E-state index in [0.717, 1.165) is 35.5 Å². The van der Waals surface area contributed by atoms with Crippen LogP contribution in [0.3, 0.4) is 0 Å². The van der Waals surface area contributed by atoms with Gasteiger partial charge >= 0.3 is 6.09 Å². The van der Waals surface area contributed by atoms with E-state index in [2.05, 4.69) is 20.6 Å². The van der Waals surface area contributed by atoms with Crippen molar-refractivity contribution in [2.45, 2.75) is 58.6 Å². The number of aromatic amines is 1. The fraction of sp³-hybridized carbons (Fsp3) is 0.357. The molecule has 0 fully saturated rings. The summed E-state index contributed by atoms with van der Waals surface area (Å²) in [5.74, 6) is 0.0295. The van der Waals surface area contributed by atoms with Crippen LogP contribution in [-0.2, 0) is 16.0 Å². The Morgan fingerprint density at radius 1 is 1.14 bits per heavy atom. The molecule has 2 amide bonds. The van der Waals surface area contributed by atoms with Crippen molar-refractivity contribution in [1.82, 2.24) is 14.9 Å². The number of hydrogen-bond donors (Lipinski definition) is 3. The number of ketones is 1. The zero-order valence-corrected chi connectivity index (χ0v) is 21.8. The highest BCUT2D eigenvalue weighted by atomic mass is 16.6. The molecule has 0 unspecified atom stereocenters. The van der Waals surface area contributed by atoms with Crippen LogP contribution in [0.5, 0.6) is 0 Å². The number of rotatable bonds is 6. The summed E-state index contributed by atoms with van der Waals surface area (Å²) in [6.45, 7) is 6.93. The number of hydrogen-bond acceptors (Lipinski definition) is 6. The summed E-state index contributed by atoms with van der Waals surface area (Å²) in [6.07, 6.45) is 3.11. The van der Waals surface area contributed by atoms with Gasteiger partial charge in [0.1, 0.15) is 17.5 Å². The van der Waals surface area contributed by atoms with Crippen LogP contribution in [0.25, 0.3) is 11.3 Å². The Labute approximate surface area is 216 Å². The van der Waals surface area contributed by atoms with Crippen LogP contribution >= 0.6 is 0 Å². The molecular weight excluding hydrogens is 470 g/mol. The predicted octanol–water partition coefficient (Wildman–Crippen LogP) is 5.53. The predicted molar refractivity (Wildman–Crippen MR) is 143 cm³/mol. The monoisotopic (exact) mass is 503 g/mol. The first-order valence-corrected chi connectivity index (χ1v) is 12.4. The number of aryl methyl sites for hydroxylation is 1. The second kappa shape index (κ2) is 10.5. The number of fused-ring (bicyclic) bond motifs is 1. The number of para-hydroxylation sites is 1. The standard InChI is InChI=1S/C28H33N5O4/c1-17(33(5)27(36)37-28(2,3)4)26(35)32-22-16-18(14-15-29-22)24-25(30-19-10-7-6-8-11-19)23-20(31-24)12-9-13-21(23)34/h6-8,10-11,14-17,30-31H,9,12-13H2,1-5H3,(H,29,32,35)/t17-/m1/s1. The number of aromatic nitrogens is 2. The van der Waals surface area contributed by atoms with Gasteiger partial charge in [-0.25, -0.2) is 9.78 Å². The lowest BCUT2D eigenvalue weighted by Gasteiger charge is -2.28. The van der Waals surface area contributed by atoms with Crippen molar-refractivity contribution in [2.75, 3.05) is 17.7 Å². The maximum absolute atomic E-state index is 12.9. The van der Waals surface area contributed by atoms with Crippen molar-refractivity contribution in [3.63, 3.8) is 0 Å². The molecule has 3 aromatic rings. The lowest BCUT2D eigenvalue weighted by atomic mass is 9.95. The van der Waals surface area contributed by atoms with Crippen LogP contribution in [0.1, 0.15) is 56.6 Å². The van der Waals surface area contributed by atoms with Gasteiger partial charge in [0.25, 0.3) is 0 Å². The Kier molecular flexibility index (Phi) is 7.33. The number of carbonyl (C=O) groups is 3. The second-order valence-corrected chi connectivity index (χ2v) is 10.2. The fourth-order valence-corrected chi connectivity index (χ4v) is 4.16. The molecule has 2 aromatic heterocycles. The molecule has 9 nitrogen and oxygen atoms in total. The first-order chi connectivity index (χ1) is 17.5. The number of amides is 2. The largest absolute Gasteiger partial charge is 0.444 e. The van der Waals surface area contributed by atoms with Gasteiger partial charge in [-0.3, -0.25) is 14.5 Å². The molecule has 0 radical (unpaired) electrons. The number of carbonyl (C=O) groups excluding carboxylic acids is 3. The van der Waals surface area contributed by atoms with Gasteiger partial charge in [0, 0.05) is 36.6 Å². The zero-order chi connectivity index (χ0) is 26.7. The SMILES string of the molecule is C[C@H](C(=O)Nc1cc(-c2[nH]c3c(c2Nc2ccccc2)C(=O)CCC3)ccn1)N(C)C(=O)OC(C)(C)C. The van der Waals surface area contributed by atoms with E-state index in [1.807, 2.05) is 36.4 Å². The minimum absolute atomic E-state index is 0.101. The molecule has 9 heteroatoms. The number of nitrogens with one attached hydrogen (secondary N) is 3. The number of Topliss-reactive ketones (excluding diaryl/α,β-unsaturated/α-hetero) is 1. The molecule has 1 aromatic carbocycles. The molecule has 0 saturated heterocycles. The summed E-state index contributed by atoms with van der Waals surface area (Å²) in [5.41, 5.74) is 4.01. The van der Waals surface area contributed by atoms with E-state index in [1.54, 1.807) is 40.0 Å². The van der Waals surface area contributed by atoms with E-state index in [-0.39, 0.29) is 5.78 Å². The normalized spacial score (nSPS) is 13.9. The Balaban J connectivity index is 1.60. The van der Waals surface area contributed by atoms with Gasteiger partial charge in [-0.05, 0) is 64.8 Å². The number of anilines is 3. The van der Waals surface area contributed by atoms with Crippen LogP contribution in [-0.4, -0.2) is 51.3 Å². The van der Waals surface area contributed by atoms with E-state index in [4.69, 9.17) is 4.74 Å². The van der Waals surface area contributed by atoms with Crippen molar-refractivity contribution >= 4 is 35.0 Å². The number of H-pyrrole nitrogens is 1. The lowest BCUT2D eigenvalue weighted by Crippen LogP contribution is -2.45. The van der Waals surface area contributed by atoms with Crippen molar-refractivity contribution in [2.24, 2.45) is 0 Å². The van der Waals surface area contributed by atoms with E-state index in [0.29, 0.717) is 23.5 Å². The van der Waals surface area contributed by atoms with E-state index < -0.39 is 23.6 Å². The Hall–Kier alpha value is -4.14. The van der Waals surface area contributed by atoms with Gasteiger partial charge in [-0.2, -0.15) is 0 Å². The molecule has 0 spiro atoms. The maximum Gasteiger partial charge on any atom is 0.410 e. The molecule has 3 N–H and O–H groups in total. The van der Waals surface area contributed by atoms with Gasteiger partial charge in [0.2, 0.25) is 5.91 Å². The van der Waals surface area contributed by atoms with Crippen LogP contribution < -0.4 is 10.6 Å². The van der Waals surface area contributed by atoms with Crippen molar-refractivity contribution in [3.05, 3.63) is 59.9 Å². The number of ether oxygens (including phenoxy) is 1.